The second-order valence-corrected chi connectivity index (χ2v) is 4.81. The van der Waals surface area contributed by atoms with Crippen molar-refractivity contribution in [3.8, 4) is 5.75 Å². The lowest BCUT2D eigenvalue weighted by molar-refractivity contribution is 0.167. The van der Waals surface area contributed by atoms with Gasteiger partial charge in [0.05, 0.1) is 6.61 Å². The predicted molar refractivity (Wildman–Crippen MR) is 70.6 cm³/mol. The van der Waals surface area contributed by atoms with E-state index in [1.54, 1.807) is 0 Å². The van der Waals surface area contributed by atoms with Crippen molar-refractivity contribution < 1.29 is 4.74 Å². The van der Waals surface area contributed by atoms with Crippen LogP contribution in [-0.2, 0) is 0 Å². The standard InChI is InChI=1S/C14H22N2O/c1-12-5-3-6-14(9-12)17-8-4-7-16(2)13-10-15-11-13/h3,5-6,9,13,15H,4,7-8,10-11H2,1-2H3. The molecule has 0 saturated carbocycles. The highest BCUT2D eigenvalue weighted by atomic mass is 16.5. The molecule has 0 unspecified atom stereocenters. The Labute approximate surface area is 104 Å². The molecule has 2 rings (SSSR count). The van der Waals surface area contributed by atoms with E-state index in [0.29, 0.717) is 0 Å². The van der Waals surface area contributed by atoms with Gasteiger partial charge in [-0.25, -0.2) is 0 Å². The molecule has 1 saturated heterocycles. The summed E-state index contributed by atoms with van der Waals surface area (Å²) in [7, 11) is 2.19. The number of nitrogens with one attached hydrogen (secondary N) is 1. The van der Waals surface area contributed by atoms with Gasteiger partial charge in [-0.2, -0.15) is 0 Å². The Morgan fingerprint density at radius 1 is 1.41 bits per heavy atom. The molecule has 1 aliphatic rings. The van der Waals surface area contributed by atoms with Gasteiger partial charge in [-0.05, 0) is 38.1 Å². The second kappa shape index (κ2) is 6.03. The fourth-order valence-electron chi connectivity index (χ4n) is 1.98. The largest absolute Gasteiger partial charge is 0.494 e. The van der Waals surface area contributed by atoms with Gasteiger partial charge in [-0.3, -0.25) is 0 Å². The molecule has 1 fully saturated rings. The number of hydrogen-bond acceptors (Lipinski definition) is 3. The molecule has 1 heterocycles. The van der Waals surface area contributed by atoms with Crippen molar-refractivity contribution in [3.63, 3.8) is 0 Å². The highest BCUT2D eigenvalue weighted by Crippen LogP contribution is 2.12. The number of rotatable bonds is 6. The average Bonchev–Trinajstić information content (AvgIpc) is 2.22. The Morgan fingerprint density at radius 3 is 2.88 bits per heavy atom. The number of aryl methyl sites for hydroxylation is 1. The Morgan fingerprint density at radius 2 is 2.24 bits per heavy atom. The number of hydrogen-bond donors (Lipinski definition) is 1. The highest BCUT2D eigenvalue weighted by molar-refractivity contribution is 5.27. The van der Waals surface area contributed by atoms with Gasteiger partial charge in [-0.1, -0.05) is 12.1 Å². The van der Waals surface area contributed by atoms with Gasteiger partial charge in [0, 0.05) is 25.7 Å². The average molecular weight is 234 g/mol. The lowest BCUT2D eigenvalue weighted by Crippen LogP contribution is -2.56. The van der Waals surface area contributed by atoms with E-state index in [2.05, 4.69) is 36.3 Å². The van der Waals surface area contributed by atoms with E-state index >= 15 is 0 Å². The summed E-state index contributed by atoms with van der Waals surface area (Å²) in [5.74, 6) is 0.984. The van der Waals surface area contributed by atoms with E-state index in [4.69, 9.17) is 4.74 Å². The van der Waals surface area contributed by atoms with Gasteiger partial charge < -0.3 is 15.0 Å². The zero-order chi connectivity index (χ0) is 12.1. The molecule has 1 N–H and O–H groups in total. The molecule has 3 heteroatoms. The van der Waals surface area contributed by atoms with Crippen molar-refractivity contribution >= 4 is 0 Å². The van der Waals surface area contributed by atoms with Gasteiger partial charge in [0.15, 0.2) is 0 Å². The topological polar surface area (TPSA) is 24.5 Å². The summed E-state index contributed by atoms with van der Waals surface area (Å²) in [5.41, 5.74) is 1.25. The van der Waals surface area contributed by atoms with Crippen LogP contribution in [0, 0.1) is 6.92 Å². The maximum absolute atomic E-state index is 5.73. The van der Waals surface area contributed by atoms with E-state index in [-0.39, 0.29) is 0 Å². The number of likely N-dealkylation sites (N-methyl/N-ethyl adjacent to an activating group) is 1. The summed E-state index contributed by atoms with van der Waals surface area (Å²) < 4.78 is 5.73. The summed E-state index contributed by atoms with van der Waals surface area (Å²) in [6.07, 6.45) is 1.08. The van der Waals surface area contributed by atoms with Crippen molar-refractivity contribution in [2.45, 2.75) is 19.4 Å². The van der Waals surface area contributed by atoms with Crippen LogP contribution >= 0.6 is 0 Å². The van der Waals surface area contributed by atoms with E-state index in [0.717, 1.165) is 44.5 Å². The molecule has 0 bridgehead atoms. The Bertz CT molecular complexity index is 350. The first-order valence-corrected chi connectivity index (χ1v) is 6.36. The van der Waals surface area contributed by atoms with Crippen LogP contribution in [0.4, 0.5) is 0 Å². The number of benzene rings is 1. The Hall–Kier alpha value is -1.06. The minimum Gasteiger partial charge on any atom is -0.494 e. The molecule has 1 aromatic carbocycles. The first kappa shape index (κ1) is 12.4. The van der Waals surface area contributed by atoms with Crippen molar-refractivity contribution in [1.82, 2.24) is 10.2 Å². The van der Waals surface area contributed by atoms with Gasteiger partial charge in [-0.15, -0.1) is 0 Å². The van der Waals surface area contributed by atoms with E-state index in [1.807, 2.05) is 12.1 Å². The molecule has 0 amide bonds. The van der Waals surface area contributed by atoms with Crippen LogP contribution in [0.25, 0.3) is 0 Å². The summed E-state index contributed by atoms with van der Waals surface area (Å²) in [6.45, 7) is 6.26. The number of nitrogens with zero attached hydrogens (tertiary/aromatic N) is 1. The lowest BCUT2D eigenvalue weighted by atomic mass is 10.1. The molecular weight excluding hydrogens is 212 g/mol. The normalized spacial score (nSPS) is 15.9. The number of ether oxygens (including phenoxy) is 1. The van der Waals surface area contributed by atoms with E-state index in [9.17, 15) is 0 Å². The predicted octanol–water partition coefficient (Wildman–Crippen LogP) is 1.67. The zero-order valence-corrected chi connectivity index (χ0v) is 10.8. The van der Waals surface area contributed by atoms with E-state index in [1.165, 1.54) is 5.56 Å². The summed E-state index contributed by atoms with van der Waals surface area (Å²) >= 11 is 0. The fraction of sp³-hybridized carbons (Fsp3) is 0.571. The second-order valence-electron chi connectivity index (χ2n) is 4.81. The molecule has 0 aromatic heterocycles. The van der Waals surface area contributed by atoms with Crippen LogP contribution in [-0.4, -0.2) is 44.2 Å². The minimum atomic E-state index is 0.731. The molecule has 0 aliphatic carbocycles. The van der Waals surface area contributed by atoms with Crippen LogP contribution in [0.15, 0.2) is 24.3 Å². The summed E-state index contributed by atoms with van der Waals surface area (Å²) in [4.78, 5) is 2.41. The van der Waals surface area contributed by atoms with Crippen molar-refractivity contribution in [1.29, 1.82) is 0 Å². The monoisotopic (exact) mass is 234 g/mol. The third-order valence-electron chi connectivity index (χ3n) is 3.30. The molecule has 0 atom stereocenters. The fourth-order valence-corrected chi connectivity index (χ4v) is 1.98. The maximum Gasteiger partial charge on any atom is 0.119 e. The van der Waals surface area contributed by atoms with E-state index < -0.39 is 0 Å². The summed E-state index contributed by atoms with van der Waals surface area (Å²) in [5, 5.41) is 3.29. The third kappa shape index (κ3) is 3.72. The molecule has 17 heavy (non-hydrogen) atoms. The Balaban J connectivity index is 1.62. The SMILES string of the molecule is Cc1cccc(OCCCN(C)C2CNC2)c1. The molecule has 94 valence electrons. The summed E-state index contributed by atoms with van der Waals surface area (Å²) in [6, 6.07) is 8.96. The minimum absolute atomic E-state index is 0.731. The molecule has 1 aliphatic heterocycles. The van der Waals surface area contributed by atoms with Crippen LogP contribution in [0.1, 0.15) is 12.0 Å². The van der Waals surface area contributed by atoms with Gasteiger partial charge in [0.1, 0.15) is 5.75 Å². The first-order chi connectivity index (χ1) is 8.25. The third-order valence-corrected chi connectivity index (χ3v) is 3.30. The van der Waals surface area contributed by atoms with Gasteiger partial charge >= 0.3 is 0 Å². The quantitative estimate of drug-likeness (QED) is 0.758. The smallest absolute Gasteiger partial charge is 0.119 e. The molecule has 0 radical (unpaired) electrons. The maximum atomic E-state index is 5.73. The molecule has 0 spiro atoms. The van der Waals surface area contributed by atoms with Gasteiger partial charge in [0.2, 0.25) is 0 Å². The molecule has 3 nitrogen and oxygen atoms in total. The highest BCUT2D eigenvalue weighted by Gasteiger charge is 2.20. The zero-order valence-electron chi connectivity index (χ0n) is 10.8. The Kier molecular flexibility index (Phi) is 4.40. The molecule has 1 aromatic rings. The van der Waals surface area contributed by atoms with Crippen LogP contribution in [0.5, 0.6) is 5.75 Å². The van der Waals surface area contributed by atoms with Gasteiger partial charge in [0.25, 0.3) is 0 Å². The lowest BCUT2D eigenvalue weighted by Gasteiger charge is -2.35. The van der Waals surface area contributed by atoms with Crippen LogP contribution in [0.3, 0.4) is 0 Å². The van der Waals surface area contributed by atoms with Crippen molar-refractivity contribution in [2.75, 3.05) is 33.3 Å². The first-order valence-electron chi connectivity index (χ1n) is 6.36. The van der Waals surface area contributed by atoms with Crippen molar-refractivity contribution in [2.24, 2.45) is 0 Å². The van der Waals surface area contributed by atoms with Crippen LogP contribution < -0.4 is 10.1 Å². The van der Waals surface area contributed by atoms with Crippen LogP contribution in [0.2, 0.25) is 0 Å². The van der Waals surface area contributed by atoms with Crippen molar-refractivity contribution in [3.05, 3.63) is 29.8 Å². The molecular formula is C14H22N2O.